The van der Waals surface area contributed by atoms with Crippen molar-refractivity contribution >= 4 is 46.8 Å². The van der Waals surface area contributed by atoms with E-state index in [1.165, 1.54) is 13.1 Å². The van der Waals surface area contributed by atoms with E-state index >= 15 is 0 Å². The summed E-state index contributed by atoms with van der Waals surface area (Å²) < 4.78 is 7.14. The molecule has 2 aromatic carbocycles. The lowest BCUT2D eigenvalue weighted by Gasteiger charge is -2.08. The SMILES string of the molecule is COc1ccc(NC(=O)/C(=C\n2c(=S)[nH]c3cc(C)ccc32)C(C)=O)cc1. The number of fused-ring (bicyclic) bond motifs is 1. The standard InChI is InChI=1S/C20H19N3O3S/c1-12-4-9-18-17(10-12)22-20(27)23(18)11-16(13(2)24)19(25)21-14-5-7-15(26-3)8-6-14/h4-11H,1-3H3,(H,21,25)(H,22,27)/b16-11-. The maximum atomic E-state index is 12.6. The van der Waals surface area contributed by atoms with Crippen LogP contribution in [0.15, 0.2) is 48.0 Å². The zero-order valence-electron chi connectivity index (χ0n) is 15.2. The number of anilines is 1. The first kappa shape index (κ1) is 18.6. The van der Waals surface area contributed by atoms with Crippen LogP contribution in [0.2, 0.25) is 0 Å². The van der Waals surface area contributed by atoms with Crippen molar-refractivity contribution in [1.29, 1.82) is 0 Å². The van der Waals surface area contributed by atoms with E-state index in [1.54, 1.807) is 35.9 Å². The van der Waals surface area contributed by atoms with E-state index in [0.717, 1.165) is 16.6 Å². The van der Waals surface area contributed by atoms with Gasteiger partial charge in [-0.05, 0) is 68.0 Å². The molecule has 0 bridgehead atoms. The van der Waals surface area contributed by atoms with E-state index in [-0.39, 0.29) is 11.4 Å². The zero-order chi connectivity index (χ0) is 19.6. The van der Waals surface area contributed by atoms with Crippen molar-refractivity contribution in [2.75, 3.05) is 12.4 Å². The fourth-order valence-corrected chi connectivity index (χ4v) is 2.95. The molecule has 1 amide bonds. The molecule has 138 valence electrons. The number of H-pyrrole nitrogens is 1. The van der Waals surface area contributed by atoms with E-state index in [1.807, 2.05) is 25.1 Å². The minimum absolute atomic E-state index is 0.00314. The molecule has 3 rings (SSSR count). The van der Waals surface area contributed by atoms with Crippen LogP contribution in [0.1, 0.15) is 12.5 Å². The van der Waals surface area contributed by atoms with Gasteiger partial charge in [0.15, 0.2) is 10.6 Å². The van der Waals surface area contributed by atoms with Crippen molar-refractivity contribution in [2.24, 2.45) is 0 Å². The minimum Gasteiger partial charge on any atom is -0.497 e. The molecule has 6 nitrogen and oxygen atoms in total. The highest BCUT2D eigenvalue weighted by Gasteiger charge is 2.16. The van der Waals surface area contributed by atoms with Gasteiger partial charge in [0, 0.05) is 11.9 Å². The molecule has 0 unspecified atom stereocenters. The highest BCUT2D eigenvalue weighted by Crippen LogP contribution is 2.19. The highest BCUT2D eigenvalue weighted by atomic mass is 32.1. The number of nitrogens with one attached hydrogen (secondary N) is 2. The summed E-state index contributed by atoms with van der Waals surface area (Å²) in [5.41, 5.74) is 3.28. The third-order valence-corrected chi connectivity index (χ3v) is 4.40. The van der Waals surface area contributed by atoms with E-state index in [0.29, 0.717) is 16.2 Å². The van der Waals surface area contributed by atoms with Crippen LogP contribution in [-0.2, 0) is 9.59 Å². The summed E-state index contributed by atoms with van der Waals surface area (Å²) in [5, 5.41) is 2.72. The van der Waals surface area contributed by atoms with Gasteiger partial charge in [-0.2, -0.15) is 0 Å². The fourth-order valence-electron chi connectivity index (χ4n) is 2.68. The van der Waals surface area contributed by atoms with E-state index in [9.17, 15) is 9.59 Å². The smallest absolute Gasteiger partial charge is 0.260 e. The van der Waals surface area contributed by atoms with Crippen molar-refractivity contribution in [1.82, 2.24) is 9.55 Å². The fraction of sp³-hybridized carbons (Fsp3) is 0.150. The summed E-state index contributed by atoms with van der Waals surface area (Å²) >= 11 is 5.35. The lowest BCUT2D eigenvalue weighted by molar-refractivity contribution is -0.118. The number of rotatable bonds is 5. The van der Waals surface area contributed by atoms with Crippen LogP contribution in [0, 0.1) is 11.7 Å². The van der Waals surface area contributed by atoms with Crippen LogP contribution in [0.5, 0.6) is 5.75 Å². The number of carbonyl (C=O) groups is 2. The molecule has 1 aromatic heterocycles. The normalized spacial score (nSPS) is 11.4. The van der Waals surface area contributed by atoms with Crippen LogP contribution < -0.4 is 10.1 Å². The number of benzene rings is 2. The third kappa shape index (κ3) is 3.98. The van der Waals surface area contributed by atoms with Gasteiger partial charge in [-0.25, -0.2) is 0 Å². The Bertz CT molecular complexity index is 1110. The first-order valence-electron chi connectivity index (χ1n) is 8.28. The number of methoxy groups -OCH3 is 1. The second kappa shape index (κ2) is 7.59. The lowest BCUT2D eigenvalue weighted by atomic mass is 10.1. The molecule has 0 radical (unpaired) electrons. The summed E-state index contributed by atoms with van der Waals surface area (Å²) in [6, 6.07) is 12.7. The molecule has 1 heterocycles. The second-order valence-corrected chi connectivity index (χ2v) is 6.49. The Hall–Kier alpha value is -3.19. The van der Waals surface area contributed by atoms with E-state index < -0.39 is 5.91 Å². The molecule has 0 saturated carbocycles. The third-order valence-electron chi connectivity index (χ3n) is 4.10. The number of carbonyl (C=O) groups excluding carboxylic acids is 2. The van der Waals surface area contributed by atoms with Crippen LogP contribution in [0.4, 0.5) is 5.69 Å². The van der Waals surface area contributed by atoms with E-state index in [4.69, 9.17) is 17.0 Å². The van der Waals surface area contributed by atoms with Crippen LogP contribution in [0.25, 0.3) is 17.2 Å². The summed E-state index contributed by atoms with van der Waals surface area (Å²) in [5.74, 6) is -0.184. The largest absolute Gasteiger partial charge is 0.497 e. The zero-order valence-corrected chi connectivity index (χ0v) is 16.0. The minimum atomic E-state index is -0.504. The average Bonchev–Trinajstić information content (AvgIpc) is 2.94. The topological polar surface area (TPSA) is 76.1 Å². The Labute approximate surface area is 161 Å². The van der Waals surface area contributed by atoms with Gasteiger partial charge in [0.05, 0.1) is 23.7 Å². The summed E-state index contributed by atoms with van der Waals surface area (Å²) in [7, 11) is 1.57. The lowest BCUT2D eigenvalue weighted by Crippen LogP contribution is -2.19. The monoisotopic (exact) mass is 381 g/mol. The average molecular weight is 381 g/mol. The van der Waals surface area contributed by atoms with Crippen LogP contribution in [0.3, 0.4) is 0 Å². The molecule has 27 heavy (non-hydrogen) atoms. The van der Waals surface area contributed by atoms with Crippen LogP contribution >= 0.6 is 12.2 Å². The van der Waals surface area contributed by atoms with Gasteiger partial charge in [0.25, 0.3) is 5.91 Å². The Morgan fingerprint density at radius 2 is 1.89 bits per heavy atom. The molecule has 7 heteroatoms. The van der Waals surface area contributed by atoms with Crippen molar-refractivity contribution in [3.8, 4) is 5.75 Å². The van der Waals surface area contributed by atoms with Gasteiger partial charge in [-0.1, -0.05) is 6.07 Å². The molecular formula is C20H19N3O3S. The van der Waals surface area contributed by atoms with Gasteiger partial charge in [-0.15, -0.1) is 0 Å². The Morgan fingerprint density at radius 1 is 1.19 bits per heavy atom. The number of Topliss-reactive ketones (excluding diaryl/α,β-unsaturated/α-hetero) is 1. The quantitative estimate of drug-likeness (QED) is 0.302. The van der Waals surface area contributed by atoms with Crippen molar-refractivity contribution in [3.63, 3.8) is 0 Å². The van der Waals surface area contributed by atoms with Gasteiger partial charge in [0.2, 0.25) is 0 Å². The van der Waals surface area contributed by atoms with Gasteiger partial charge >= 0.3 is 0 Å². The summed E-state index contributed by atoms with van der Waals surface area (Å²) in [6.45, 7) is 3.33. The van der Waals surface area contributed by atoms with Gasteiger partial charge in [0.1, 0.15) is 5.75 Å². The number of aromatic nitrogens is 2. The Balaban J connectivity index is 1.97. The summed E-state index contributed by atoms with van der Waals surface area (Å²) in [4.78, 5) is 27.8. The number of aromatic amines is 1. The molecule has 0 aliphatic heterocycles. The number of ether oxygens (including phenoxy) is 1. The summed E-state index contributed by atoms with van der Waals surface area (Å²) in [6.07, 6.45) is 1.47. The molecule has 2 N–H and O–H groups in total. The predicted octanol–water partition coefficient (Wildman–Crippen LogP) is 4.08. The number of ketones is 1. The molecule has 0 aliphatic rings. The number of amides is 1. The Morgan fingerprint density at radius 3 is 2.52 bits per heavy atom. The first-order valence-corrected chi connectivity index (χ1v) is 8.69. The van der Waals surface area contributed by atoms with Gasteiger partial charge in [-0.3, -0.25) is 14.2 Å². The molecule has 0 fully saturated rings. The molecular weight excluding hydrogens is 362 g/mol. The number of imidazole rings is 1. The molecule has 0 aliphatic carbocycles. The van der Waals surface area contributed by atoms with Crippen molar-refractivity contribution < 1.29 is 14.3 Å². The van der Waals surface area contributed by atoms with Crippen molar-refractivity contribution in [3.05, 3.63) is 58.4 Å². The highest BCUT2D eigenvalue weighted by molar-refractivity contribution is 7.71. The number of aryl methyl sites for hydroxylation is 1. The van der Waals surface area contributed by atoms with Crippen molar-refractivity contribution in [2.45, 2.75) is 13.8 Å². The first-order chi connectivity index (χ1) is 12.9. The molecule has 3 aromatic rings. The molecule has 0 spiro atoms. The number of hydrogen-bond donors (Lipinski definition) is 2. The maximum absolute atomic E-state index is 12.6. The number of nitrogens with zero attached hydrogens (tertiary/aromatic N) is 1. The molecule has 0 saturated heterocycles. The predicted molar refractivity (Wildman–Crippen MR) is 108 cm³/mol. The van der Waals surface area contributed by atoms with E-state index in [2.05, 4.69) is 10.3 Å². The second-order valence-electron chi connectivity index (χ2n) is 6.10. The Kier molecular flexibility index (Phi) is 5.23. The van der Waals surface area contributed by atoms with Crippen LogP contribution in [-0.4, -0.2) is 28.4 Å². The maximum Gasteiger partial charge on any atom is 0.260 e. The molecule has 0 atom stereocenters. The van der Waals surface area contributed by atoms with Gasteiger partial charge < -0.3 is 15.0 Å². The number of hydrogen-bond acceptors (Lipinski definition) is 4.